The molecule has 4 rings (SSSR count). The van der Waals surface area contributed by atoms with E-state index < -0.39 is 29.6 Å². The van der Waals surface area contributed by atoms with Crippen LogP contribution in [0.1, 0.15) is 21.5 Å². The Hall–Kier alpha value is -4.18. The van der Waals surface area contributed by atoms with Gasteiger partial charge in [0.05, 0.1) is 5.69 Å². The Kier molecular flexibility index (Phi) is 7.11. The molecule has 0 saturated carbocycles. The fraction of sp³-hybridized carbons (Fsp3) is 0.120. The van der Waals surface area contributed by atoms with Crippen molar-refractivity contribution in [1.29, 1.82) is 0 Å². The number of aryl methyl sites for hydroxylation is 1. The Morgan fingerprint density at radius 3 is 2.34 bits per heavy atom. The number of nitrogens with one attached hydrogen (secondary N) is 4. The van der Waals surface area contributed by atoms with E-state index in [0.29, 0.717) is 35.8 Å². The first-order valence-corrected chi connectivity index (χ1v) is 10.6. The van der Waals surface area contributed by atoms with E-state index in [1.807, 2.05) is 31.2 Å². The third kappa shape index (κ3) is 5.85. The molecule has 0 bridgehead atoms. The van der Waals surface area contributed by atoms with Crippen LogP contribution in [0.4, 0.5) is 23.4 Å². The topological polar surface area (TPSA) is 81.8 Å². The molecule has 0 spiro atoms. The Morgan fingerprint density at radius 1 is 0.971 bits per heavy atom. The average molecular weight is 483 g/mol. The molecule has 0 saturated heterocycles. The molecule has 0 radical (unpaired) electrons. The van der Waals surface area contributed by atoms with Gasteiger partial charge in [0.1, 0.15) is 5.82 Å². The molecule has 4 N–H and O–H groups in total. The van der Waals surface area contributed by atoms with Crippen LogP contribution in [0.2, 0.25) is 0 Å². The van der Waals surface area contributed by atoms with Gasteiger partial charge in [-0.25, -0.2) is 17.6 Å². The van der Waals surface area contributed by atoms with E-state index >= 15 is 0 Å². The van der Waals surface area contributed by atoms with Crippen LogP contribution >= 0.6 is 0 Å². The number of benzene rings is 3. The second-order valence-corrected chi connectivity index (χ2v) is 7.79. The largest absolute Gasteiger partial charge is 0.336 e. The third-order valence-electron chi connectivity index (χ3n) is 5.30. The van der Waals surface area contributed by atoms with Crippen molar-refractivity contribution in [1.82, 2.24) is 20.8 Å². The van der Waals surface area contributed by atoms with Crippen molar-refractivity contribution in [3.8, 4) is 11.3 Å². The van der Waals surface area contributed by atoms with Gasteiger partial charge in [-0.3, -0.25) is 15.2 Å². The SMILES string of the molecule is Cc1ccccc1CNC(NC(=O)c1cc(F)c(F)c(F)c1)Nc1cc(-c2ccc(F)cc2)[nH]n1. The maximum absolute atomic E-state index is 13.6. The smallest absolute Gasteiger partial charge is 0.254 e. The highest BCUT2D eigenvalue weighted by Crippen LogP contribution is 2.20. The first-order chi connectivity index (χ1) is 16.8. The lowest BCUT2D eigenvalue weighted by Gasteiger charge is -2.22. The zero-order chi connectivity index (χ0) is 24.9. The number of hydrogen-bond donors (Lipinski definition) is 4. The number of anilines is 1. The molecule has 10 heteroatoms. The fourth-order valence-corrected chi connectivity index (χ4v) is 3.38. The molecule has 0 fully saturated rings. The summed E-state index contributed by atoms with van der Waals surface area (Å²) in [4.78, 5) is 12.7. The second-order valence-electron chi connectivity index (χ2n) is 7.79. The van der Waals surface area contributed by atoms with Gasteiger partial charge >= 0.3 is 0 Å². The molecule has 1 heterocycles. The Labute approximate surface area is 198 Å². The number of aromatic nitrogens is 2. The minimum Gasteiger partial charge on any atom is -0.336 e. The number of rotatable bonds is 8. The van der Waals surface area contributed by atoms with E-state index in [-0.39, 0.29) is 11.4 Å². The van der Waals surface area contributed by atoms with Crippen LogP contribution in [-0.2, 0) is 6.54 Å². The summed E-state index contributed by atoms with van der Waals surface area (Å²) in [6.45, 7) is 2.27. The first kappa shape index (κ1) is 24.0. The zero-order valence-corrected chi connectivity index (χ0v) is 18.5. The number of amides is 1. The van der Waals surface area contributed by atoms with Crippen molar-refractivity contribution < 1.29 is 22.4 Å². The van der Waals surface area contributed by atoms with Gasteiger partial charge in [-0.05, 0) is 60.0 Å². The predicted molar refractivity (Wildman–Crippen MR) is 123 cm³/mol. The summed E-state index contributed by atoms with van der Waals surface area (Å²) in [5.41, 5.74) is 2.88. The molecule has 3 aromatic carbocycles. The van der Waals surface area contributed by atoms with Crippen molar-refractivity contribution in [2.75, 3.05) is 5.32 Å². The van der Waals surface area contributed by atoms with Gasteiger partial charge in [0.15, 0.2) is 29.6 Å². The maximum Gasteiger partial charge on any atom is 0.254 e. The Morgan fingerprint density at radius 2 is 1.66 bits per heavy atom. The maximum atomic E-state index is 13.6. The molecule has 0 aliphatic rings. The Bertz CT molecular complexity index is 1320. The van der Waals surface area contributed by atoms with E-state index in [2.05, 4.69) is 26.1 Å². The van der Waals surface area contributed by atoms with Gasteiger partial charge in [-0.15, -0.1) is 0 Å². The van der Waals surface area contributed by atoms with Crippen LogP contribution in [0.15, 0.2) is 66.7 Å². The molecule has 35 heavy (non-hydrogen) atoms. The number of halogens is 4. The van der Waals surface area contributed by atoms with Gasteiger partial charge in [0.25, 0.3) is 5.91 Å². The molecule has 4 aromatic rings. The minimum absolute atomic E-state index is 0.336. The number of hydrogen-bond acceptors (Lipinski definition) is 4. The first-order valence-electron chi connectivity index (χ1n) is 10.6. The Balaban J connectivity index is 1.53. The highest BCUT2D eigenvalue weighted by Gasteiger charge is 2.19. The van der Waals surface area contributed by atoms with Gasteiger partial charge < -0.3 is 10.6 Å². The van der Waals surface area contributed by atoms with Crippen LogP contribution in [0.5, 0.6) is 0 Å². The quantitative estimate of drug-likeness (QED) is 0.164. The lowest BCUT2D eigenvalue weighted by Crippen LogP contribution is -2.50. The van der Waals surface area contributed by atoms with E-state index in [1.54, 1.807) is 18.2 Å². The molecule has 1 amide bonds. The molecule has 1 aromatic heterocycles. The van der Waals surface area contributed by atoms with Crippen LogP contribution in [0.25, 0.3) is 11.3 Å². The third-order valence-corrected chi connectivity index (χ3v) is 5.30. The number of carbonyl (C=O) groups is 1. The number of aromatic amines is 1. The lowest BCUT2D eigenvalue weighted by atomic mass is 10.1. The fourth-order valence-electron chi connectivity index (χ4n) is 3.38. The molecule has 1 unspecified atom stereocenters. The van der Waals surface area contributed by atoms with E-state index in [1.165, 1.54) is 12.1 Å². The summed E-state index contributed by atoms with van der Waals surface area (Å²) in [5, 5.41) is 15.7. The summed E-state index contributed by atoms with van der Waals surface area (Å²) in [7, 11) is 0. The standard InChI is InChI=1S/C25H21F4N5O/c1-14-4-2-3-5-16(14)13-30-25(32-24(35)17-10-19(27)23(29)20(28)11-17)31-22-12-21(33-34-22)15-6-8-18(26)9-7-15/h2-12,25,30H,13H2,1H3,(H,32,35)(H2,31,33,34). The van der Waals surface area contributed by atoms with Crippen LogP contribution < -0.4 is 16.0 Å². The van der Waals surface area contributed by atoms with E-state index in [0.717, 1.165) is 11.1 Å². The van der Waals surface area contributed by atoms with Crippen LogP contribution in [0, 0.1) is 30.2 Å². The summed E-state index contributed by atoms with van der Waals surface area (Å²) < 4.78 is 53.8. The van der Waals surface area contributed by atoms with E-state index in [4.69, 9.17) is 0 Å². The van der Waals surface area contributed by atoms with E-state index in [9.17, 15) is 22.4 Å². The summed E-state index contributed by atoms with van der Waals surface area (Å²) in [5.74, 6) is -5.47. The minimum atomic E-state index is -1.65. The van der Waals surface area contributed by atoms with Crippen molar-refractivity contribution in [2.24, 2.45) is 0 Å². The van der Waals surface area contributed by atoms with Crippen molar-refractivity contribution in [3.63, 3.8) is 0 Å². The van der Waals surface area contributed by atoms with Gasteiger partial charge in [0.2, 0.25) is 0 Å². The summed E-state index contributed by atoms with van der Waals surface area (Å²) in [6.07, 6.45) is -0.928. The highest BCUT2D eigenvalue weighted by atomic mass is 19.2. The molecule has 6 nitrogen and oxygen atoms in total. The van der Waals surface area contributed by atoms with Gasteiger partial charge in [0, 0.05) is 18.2 Å². The summed E-state index contributed by atoms with van der Waals surface area (Å²) in [6, 6.07) is 16.3. The molecule has 0 aliphatic carbocycles. The lowest BCUT2D eigenvalue weighted by molar-refractivity contribution is 0.0933. The molecule has 180 valence electrons. The van der Waals surface area contributed by atoms with Gasteiger partial charge in [-0.1, -0.05) is 24.3 Å². The number of carbonyl (C=O) groups excluding carboxylic acids is 1. The second kappa shape index (κ2) is 10.4. The molecule has 1 atom stereocenters. The van der Waals surface area contributed by atoms with Crippen molar-refractivity contribution in [3.05, 3.63) is 107 Å². The number of H-pyrrole nitrogens is 1. The molecular weight excluding hydrogens is 462 g/mol. The van der Waals surface area contributed by atoms with Crippen molar-refractivity contribution >= 4 is 11.7 Å². The van der Waals surface area contributed by atoms with Crippen LogP contribution in [-0.4, -0.2) is 22.4 Å². The normalized spacial score (nSPS) is 11.8. The van der Waals surface area contributed by atoms with Gasteiger partial charge in [-0.2, -0.15) is 5.10 Å². The predicted octanol–water partition coefficient (Wildman–Crippen LogP) is 4.86. The molecular formula is C25H21F4N5O. The monoisotopic (exact) mass is 483 g/mol. The zero-order valence-electron chi connectivity index (χ0n) is 18.5. The van der Waals surface area contributed by atoms with Crippen molar-refractivity contribution in [2.45, 2.75) is 19.8 Å². The average Bonchev–Trinajstić information content (AvgIpc) is 3.30. The summed E-state index contributed by atoms with van der Waals surface area (Å²) >= 11 is 0. The van der Waals surface area contributed by atoms with Crippen LogP contribution in [0.3, 0.4) is 0 Å². The highest BCUT2D eigenvalue weighted by molar-refractivity contribution is 5.94. The molecule has 0 aliphatic heterocycles. The number of nitrogens with zero attached hydrogens (tertiary/aromatic N) is 1.